The summed E-state index contributed by atoms with van der Waals surface area (Å²) in [5.74, 6) is -1.01. The molecule has 484 valence electrons. The minimum Gasteiger partial charge on any atom is -0.462 e. The monoisotopic (exact) mass is 1160 g/mol. The molecular weight excluding hydrogens is 1020 g/mol. The van der Waals surface area contributed by atoms with Crippen molar-refractivity contribution >= 4 is 17.9 Å². The molecule has 6 nitrogen and oxygen atoms in total. The molecule has 0 aliphatic rings. The van der Waals surface area contributed by atoms with E-state index in [0.717, 1.165) is 70.6 Å². The Morgan fingerprint density at radius 1 is 0.253 bits per heavy atom. The highest BCUT2D eigenvalue weighted by molar-refractivity contribution is 5.72. The van der Waals surface area contributed by atoms with Gasteiger partial charge in [0.15, 0.2) is 6.10 Å². The molecule has 0 radical (unpaired) electrons. The van der Waals surface area contributed by atoms with Gasteiger partial charge in [0.25, 0.3) is 0 Å². The normalized spacial score (nSPS) is 12.4. The van der Waals surface area contributed by atoms with Gasteiger partial charge in [0.2, 0.25) is 0 Å². The first kappa shape index (κ1) is 80.1. The molecule has 0 fully saturated rings. The summed E-state index contributed by atoms with van der Waals surface area (Å²) >= 11 is 0. The predicted octanol–water partition coefficient (Wildman–Crippen LogP) is 25.5. The molecule has 0 heterocycles. The van der Waals surface area contributed by atoms with Crippen LogP contribution in [0.25, 0.3) is 0 Å². The Kier molecular flexibility index (Phi) is 69.1. The third-order valence-corrected chi connectivity index (χ3v) is 16.6. The van der Waals surface area contributed by atoms with E-state index in [1.165, 1.54) is 283 Å². The number of hydrogen-bond donors (Lipinski definition) is 0. The van der Waals surface area contributed by atoms with E-state index in [4.69, 9.17) is 14.2 Å². The van der Waals surface area contributed by atoms with Crippen LogP contribution in [-0.2, 0) is 28.6 Å². The molecule has 0 aromatic heterocycles. The number of carbonyl (C=O) groups is 3. The third kappa shape index (κ3) is 69.8. The van der Waals surface area contributed by atoms with Gasteiger partial charge in [-0.25, -0.2) is 0 Å². The fourth-order valence-corrected chi connectivity index (χ4v) is 11.1. The van der Waals surface area contributed by atoms with Crippen LogP contribution in [0.15, 0.2) is 60.8 Å². The summed E-state index contributed by atoms with van der Waals surface area (Å²) < 4.78 is 16.9. The van der Waals surface area contributed by atoms with Crippen molar-refractivity contribution in [1.29, 1.82) is 0 Å². The highest BCUT2D eigenvalue weighted by Gasteiger charge is 2.19. The second-order valence-electron chi connectivity index (χ2n) is 24.9. The number of unbranched alkanes of at least 4 members (excludes halogenated alkanes) is 48. The van der Waals surface area contributed by atoms with E-state index in [0.29, 0.717) is 12.8 Å². The first-order valence-electron chi connectivity index (χ1n) is 36.8. The Bertz CT molecular complexity index is 1470. The Balaban J connectivity index is 4.29. The van der Waals surface area contributed by atoms with Crippen LogP contribution in [0.5, 0.6) is 0 Å². The molecule has 0 N–H and O–H groups in total. The van der Waals surface area contributed by atoms with Crippen LogP contribution < -0.4 is 0 Å². The van der Waals surface area contributed by atoms with Crippen LogP contribution in [-0.4, -0.2) is 37.2 Å². The fourth-order valence-electron chi connectivity index (χ4n) is 11.1. The van der Waals surface area contributed by atoms with E-state index >= 15 is 0 Å². The van der Waals surface area contributed by atoms with E-state index in [1.807, 2.05) is 12.2 Å². The minimum atomic E-state index is -0.813. The standard InChI is InChI=1S/C77H140O6/c1-4-7-10-13-16-19-22-25-28-30-32-34-36-38-39-41-42-44-46-49-52-55-58-61-64-67-70-76(79)82-73-74(72-81-75(78)69-66-63-60-57-54-51-48-27-24-21-18-15-12-9-6-3)83-77(80)71-68-65-62-59-56-53-50-47-45-43-40-37-35-33-31-29-26-23-20-17-14-11-8-5-2/h9,12,18,21,27,48,54,57,63,66,74H,4-8,10-11,13-17,19-20,22-26,28-47,49-53,55-56,58-62,64-65,67-73H2,1-3H3/b12-9-,21-18-,48-27-,57-54-,66-63-. The molecule has 0 rings (SSSR count). The summed E-state index contributed by atoms with van der Waals surface area (Å²) in [4.78, 5) is 38.4. The van der Waals surface area contributed by atoms with Crippen molar-refractivity contribution < 1.29 is 28.6 Å². The van der Waals surface area contributed by atoms with Crippen molar-refractivity contribution in [2.75, 3.05) is 13.2 Å². The van der Waals surface area contributed by atoms with Crippen LogP contribution in [0.3, 0.4) is 0 Å². The maximum absolute atomic E-state index is 13.0. The quantitative estimate of drug-likeness (QED) is 0.0261. The summed E-state index contributed by atoms with van der Waals surface area (Å²) in [7, 11) is 0. The smallest absolute Gasteiger partial charge is 0.309 e. The van der Waals surface area contributed by atoms with Gasteiger partial charge in [0.05, 0.1) is 6.42 Å². The van der Waals surface area contributed by atoms with Crippen LogP contribution >= 0.6 is 0 Å². The molecule has 1 unspecified atom stereocenters. The first-order valence-corrected chi connectivity index (χ1v) is 36.8. The SMILES string of the molecule is CC/C=C\C/C=C\C/C=C\C/C=C\C/C=C\CC(=O)OCC(COC(=O)CCCCCCCCCCCCCCCCCCCCCCCCCCCC)OC(=O)CCCCCCCCCCCCCCCCCCCCCCCCCC. The zero-order valence-electron chi connectivity index (χ0n) is 55.7. The molecule has 6 heteroatoms. The van der Waals surface area contributed by atoms with E-state index in [2.05, 4.69) is 69.4 Å². The minimum absolute atomic E-state index is 0.0988. The topological polar surface area (TPSA) is 78.9 Å². The molecule has 0 aliphatic carbocycles. The van der Waals surface area contributed by atoms with Crippen LogP contribution in [0, 0.1) is 0 Å². The van der Waals surface area contributed by atoms with Crippen molar-refractivity contribution in [3.63, 3.8) is 0 Å². The first-order chi connectivity index (χ1) is 41.0. The van der Waals surface area contributed by atoms with Crippen molar-refractivity contribution in [1.82, 2.24) is 0 Å². The average molecular weight is 1160 g/mol. The lowest BCUT2D eigenvalue weighted by Gasteiger charge is -2.18. The average Bonchev–Trinajstić information content (AvgIpc) is 3.50. The zero-order chi connectivity index (χ0) is 59.9. The lowest BCUT2D eigenvalue weighted by atomic mass is 10.0. The van der Waals surface area contributed by atoms with Crippen molar-refractivity contribution in [2.24, 2.45) is 0 Å². The highest BCUT2D eigenvalue weighted by Crippen LogP contribution is 2.19. The molecule has 83 heavy (non-hydrogen) atoms. The number of ether oxygens (including phenoxy) is 3. The zero-order valence-corrected chi connectivity index (χ0v) is 55.7. The van der Waals surface area contributed by atoms with Gasteiger partial charge in [0.1, 0.15) is 13.2 Å². The second-order valence-corrected chi connectivity index (χ2v) is 24.9. The molecule has 0 aromatic rings. The Morgan fingerprint density at radius 2 is 0.470 bits per heavy atom. The Morgan fingerprint density at radius 3 is 0.735 bits per heavy atom. The molecule has 1 atom stereocenters. The number of esters is 3. The molecule has 0 spiro atoms. The highest BCUT2D eigenvalue weighted by atomic mass is 16.6. The summed E-state index contributed by atoms with van der Waals surface area (Å²) in [6, 6.07) is 0. The molecule has 0 saturated carbocycles. The molecule has 0 aliphatic heterocycles. The van der Waals surface area contributed by atoms with Crippen LogP contribution in [0.4, 0.5) is 0 Å². The van der Waals surface area contributed by atoms with Gasteiger partial charge in [-0.05, 0) is 44.9 Å². The second kappa shape index (κ2) is 71.6. The summed E-state index contributed by atoms with van der Waals surface area (Å²) in [6.45, 7) is 6.52. The van der Waals surface area contributed by atoms with E-state index in [1.54, 1.807) is 0 Å². The lowest BCUT2D eigenvalue weighted by molar-refractivity contribution is -0.166. The maximum atomic E-state index is 13.0. The van der Waals surface area contributed by atoms with Gasteiger partial charge in [-0.2, -0.15) is 0 Å². The Hall–Kier alpha value is -2.89. The molecule has 0 bridgehead atoms. The number of allylic oxidation sites excluding steroid dienone is 9. The molecule has 0 saturated heterocycles. The van der Waals surface area contributed by atoms with Crippen molar-refractivity contribution in [3.05, 3.63) is 60.8 Å². The van der Waals surface area contributed by atoms with Crippen LogP contribution in [0.2, 0.25) is 0 Å². The predicted molar refractivity (Wildman–Crippen MR) is 362 cm³/mol. The van der Waals surface area contributed by atoms with Gasteiger partial charge < -0.3 is 14.2 Å². The van der Waals surface area contributed by atoms with E-state index in [9.17, 15) is 14.4 Å². The van der Waals surface area contributed by atoms with Crippen LogP contribution in [0.1, 0.15) is 393 Å². The maximum Gasteiger partial charge on any atom is 0.309 e. The fraction of sp³-hybridized carbons (Fsp3) is 0.831. The van der Waals surface area contributed by atoms with E-state index < -0.39 is 12.1 Å². The third-order valence-electron chi connectivity index (χ3n) is 16.6. The number of hydrogen-bond acceptors (Lipinski definition) is 6. The number of rotatable bonds is 68. The molecule has 0 amide bonds. The van der Waals surface area contributed by atoms with Gasteiger partial charge >= 0.3 is 17.9 Å². The van der Waals surface area contributed by atoms with Crippen molar-refractivity contribution in [3.8, 4) is 0 Å². The molecule has 0 aromatic carbocycles. The Labute approximate surface area is 517 Å². The van der Waals surface area contributed by atoms with Gasteiger partial charge in [-0.3, -0.25) is 14.4 Å². The van der Waals surface area contributed by atoms with Gasteiger partial charge in [-0.1, -0.05) is 390 Å². The van der Waals surface area contributed by atoms with Gasteiger partial charge in [-0.15, -0.1) is 0 Å². The van der Waals surface area contributed by atoms with E-state index in [-0.39, 0.29) is 31.6 Å². The summed E-state index contributed by atoms with van der Waals surface area (Å²) in [6.07, 6.45) is 93.0. The summed E-state index contributed by atoms with van der Waals surface area (Å²) in [5, 5.41) is 0. The summed E-state index contributed by atoms with van der Waals surface area (Å²) in [5.41, 5.74) is 0. The molecular formula is C77H140O6. The number of carbonyl (C=O) groups excluding carboxylic acids is 3. The lowest BCUT2D eigenvalue weighted by Crippen LogP contribution is -2.30. The largest absolute Gasteiger partial charge is 0.462 e. The van der Waals surface area contributed by atoms with Gasteiger partial charge in [0, 0.05) is 12.8 Å². The van der Waals surface area contributed by atoms with Crippen molar-refractivity contribution in [2.45, 2.75) is 399 Å².